The summed E-state index contributed by atoms with van der Waals surface area (Å²) in [6, 6.07) is -1.10. The van der Waals surface area contributed by atoms with E-state index in [2.05, 4.69) is 0 Å². The maximum absolute atomic E-state index is 12.6. The zero-order valence-electron chi connectivity index (χ0n) is 11.7. The van der Waals surface area contributed by atoms with E-state index in [-0.39, 0.29) is 24.8 Å². The molecule has 2 aliphatic heterocycles. The highest BCUT2D eigenvalue weighted by atomic mass is 16.5. The minimum atomic E-state index is -0.947. The molecule has 2 fully saturated rings. The number of nitrogens with zero attached hydrogens (tertiary/aromatic N) is 2. The van der Waals surface area contributed by atoms with E-state index in [1.54, 1.807) is 4.90 Å². The molecule has 0 aromatic carbocycles. The van der Waals surface area contributed by atoms with E-state index < -0.39 is 12.0 Å². The van der Waals surface area contributed by atoms with Crippen LogP contribution in [-0.2, 0) is 9.53 Å². The molecule has 0 aliphatic carbocycles. The number of aliphatic hydroxyl groups is 1. The SMILES string of the molecule is CC1COC(CO)CN1C(=O)N1CCCCC1C(=O)O. The first-order chi connectivity index (χ1) is 9.54. The molecule has 0 aromatic heterocycles. The van der Waals surface area contributed by atoms with Crippen LogP contribution in [0.25, 0.3) is 0 Å². The number of carbonyl (C=O) groups excluding carboxylic acids is 1. The smallest absolute Gasteiger partial charge is 0.326 e. The Balaban J connectivity index is 2.09. The molecule has 2 amide bonds. The topological polar surface area (TPSA) is 90.3 Å². The van der Waals surface area contributed by atoms with Crippen molar-refractivity contribution in [2.75, 3.05) is 26.3 Å². The fraction of sp³-hybridized carbons (Fsp3) is 0.846. The lowest BCUT2D eigenvalue weighted by Gasteiger charge is -2.42. The van der Waals surface area contributed by atoms with Crippen molar-refractivity contribution in [3.63, 3.8) is 0 Å². The third kappa shape index (κ3) is 3.04. The number of rotatable bonds is 2. The van der Waals surface area contributed by atoms with Crippen molar-refractivity contribution in [2.45, 2.75) is 44.4 Å². The normalized spacial score (nSPS) is 31.2. The van der Waals surface area contributed by atoms with Gasteiger partial charge in [0.05, 0.1) is 31.9 Å². The van der Waals surface area contributed by atoms with Gasteiger partial charge in [-0.2, -0.15) is 0 Å². The predicted octanol–water partition coefficient (Wildman–Crippen LogP) is 0.127. The van der Waals surface area contributed by atoms with Gasteiger partial charge in [-0.3, -0.25) is 0 Å². The van der Waals surface area contributed by atoms with Gasteiger partial charge in [0, 0.05) is 6.54 Å². The molecule has 0 saturated carbocycles. The van der Waals surface area contributed by atoms with Crippen LogP contribution in [0.5, 0.6) is 0 Å². The molecule has 7 nitrogen and oxygen atoms in total. The Morgan fingerprint density at radius 2 is 2.05 bits per heavy atom. The van der Waals surface area contributed by atoms with Crippen LogP contribution in [0.3, 0.4) is 0 Å². The van der Waals surface area contributed by atoms with E-state index in [1.165, 1.54) is 4.90 Å². The van der Waals surface area contributed by atoms with Gasteiger partial charge in [-0.05, 0) is 26.2 Å². The molecule has 0 bridgehead atoms. The lowest BCUT2D eigenvalue weighted by atomic mass is 10.0. The van der Waals surface area contributed by atoms with Gasteiger partial charge in [0.1, 0.15) is 6.04 Å². The van der Waals surface area contributed by atoms with E-state index in [4.69, 9.17) is 9.84 Å². The molecular weight excluding hydrogens is 264 g/mol. The molecule has 0 aromatic rings. The third-order valence-corrected chi connectivity index (χ3v) is 3.99. The largest absolute Gasteiger partial charge is 0.480 e. The summed E-state index contributed by atoms with van der Waals surface area (Å²) in [5.74, 6) is -0.947. The van der Waals surface area contributed by atoms with Crippen LogP contribution in [0, 0.1) is 0 Å². The van der Waals surface area contributed by atoms with Crippen molar-refractivity contribution < 1.29 is 24.5 Å². The number of hydrogen-bond acceptors (Lipinski definition) is 4. The number of carboxylic acid groups (broad SMARTS) is 1. The first-order valence-electron chi connectivity index (χ1n) is 7.07. The lowest BCUT2D eigenvalue weighted by Crippen LogP contribution is -2.59. The van der Waals surface area contributed by atoms with Crippen LogP contribution < -0.4 is 0 Å². The fourth-order valence-electron chi connectivity index (χ4n) is 2.78. The van der Waals surface area contributed by atoms with Gasteiger partial charge < -0.3 is 24.7 Å². The monoisotopic (exact) mass is 286 g/mol. The van der Waals surface area contributed by atoms with Crippen molar-refractivity contribution >= 4 is 12.0 Å². The lowest BCUT2D eigenvalue weighted by molar-refractivity contribution is -0.143. The molecule has 3 atom stereocenters. The van der Waals surface area contributed by atoms with E-state index in [0.29, 0.717) is 26.1 Å². The number of carbonyl (C=O) groups is 2. The maximum atomic E-state index is 12.6. The number of ether oxygens (including phenoxy) is 1. The van der Waals surface area contributed by atoms with Crippen LogP contribution in [0.2, 0.25) is 0 Å². The molecular formula is C13H22N2O5. The van der Waals surface area contributed by atoms with E-state index in [0.717, 1.165) is 12.8 Å². The van der Waals surface area contributed by atoms with Crippen molar-refractivity contribution in [1.29, 1.82) is 0 Å². The van der Waals surface area contributed by atoms with Crippen LogP contribution >= 0.6 is 0 Å². The molecule has 3 unspecified atom stereocenters. The third-order valence-electron chi connectivity index (χ3n) is 3.99. The molecule has 20 heavy (non-hydrogen) atoms. The zero-order valence-corrected chi connectivity index (χ0v) is 11.7. The fourth-order valence-corrected chi connectivity index (χ4v) is 2.78. The van der Waals surface area contributed by atoms with Gasteiger partial charge in [-0.1, -0.05) is 0 Å². The molecule has 114 valence electrons. The van der Waals surface area contributed by atoms with Crippen molar-refractivity contribution in [3.8, 4) is 0 Å². The number of carboxylic acids is 1. The van der Waals surface area contributed by atoms with E-state index >= 15 is 0 Å². The molecule has 2 rings (SSSR count). The predicted molar refractivity (Wildman–Crippen MR) is 70.4 cm³/mol. The molecule has 7 heteroatoms. The van der Waals surface area contributed by atoms with Crippen molar-refractivity contribution in [3.05, 3.63) is 0 Å². The van der Waals surface area contributed by atoms with Crippen LogP contribution in [-0.4, -0.2) is 76.5 Å². The highest BCUT2D eigenvalue weighted by Gasteiger charge is 2.38. The molecule has 2 aliphatic rings. The minimum absolute atomic E-state index is 0.110. The summed E-state index contributed by atoms with van der Waals surface area (Å²) < 4.78 is 5.40. The summed E-state index contributed by atoms with van der Waals surface area (Å²) in [5, 5.41) is 18.4. The number of urea groups is 1. The van der Waals surface area contributed by atoms with Crippen LogP contribution in [0.15, 0.2) is 0 Å². The highest BCUT2D eigenvalue weighted by molar-refractivity contribution is 5.83. The number of morpholine rings is 1. The summed E-state index contributed by atoms with van der Waals surface area (Å²) >= 11 is 0. The van der Waals surface area contributed by atoms with Crippen molar-refractivity contribution in [1.82, 2.24) is 9.80 Å². The number of hydrogen-bond donors (Lipinski definition) is 2. The van der Waals surface area contributed by atoms with Gasteiger partial charge >= 0.3 is 12.0 Å². The van der Waals surface area contributed by atoms with Gasteiger partial charge in [-0.25, -0.2) is 9.59 Å². The Bertz CT molecular complexity index is 376. The molecule has 0 spiro atoms. The number of piperidine rings is 1. The summed E-state index contributed by atoms with van der Waals surface area (Å²) in [6.07, 6.45) is 1.78. The first kappa shape index (κ1) is 15.1. The Hall–Kier alpha value is -1.34. The van der Waals surface area contributed by atoms with E-state index in [1.807, 2.05) is 6.92 Å². The van der Waals surface area contributed by atoms with Crippen LogP contribution in [0.1, 0.15) is 26.2 Å². The first-order valence-corrected chi connectivity index (χ1v) is 7.07. The Kier molecular flexibility index (Phi) is 4.82. The second kappa shape index (κ2) is 6.41. The van der Waals surface area contributed by atoms with Gasteiger partial charge in [0.15, 0.2) is 0 Å². The van der Waals surface area contributed by atoms with Crippen LogP contribution in [0.4, 0.5) is 4.79 Å². The average Bonchev–Trinajstić information content (AvgIpc) is 2.47. The van der Waals surface area contributed by atoms with Gasteiger partial charge in [0.2, 0.25) is 0 Å². The number of aliphatic hydroxyl groups excluding tert-OH is 1. The van der Waals surface area contributed by atoms with Gasteiger partial charge in [0.25, 0.3) is 0 Å². The molecule has 0 radical (unpaired) electrons. The Morgan fingerprint density at radius 1 is 1.30 bits per heavy atom. The Labute approximate surface area is 118 Å². The number of aliphatic carboxylic acids is 1. The van der Waals surface area contributed by atoms with E-state index in [9.17, 15) is 14.7 Å². The summed E-state index contributed by atoms with van der Waals surface area (Å²) in [4.78, 5) is 26.9. The van der Waals surface area contributed by atoms with Crippen molar-refractivity contribution in [2.24, 2.45) is 0 Å². The molecule has 2 N–H and O–H groups in total. The Morgan fingerprint density at radius 3 is 2.70 bits per heavy atom. The standard InChI is InChI=1S/C13H22N2O5/c1-9-8-20-10(7-16)6-15(9)13(19)14-5-3-2-4-11(14)12(17)18/h9-11,16H,2-8H2,1H3,(H,17,18). The average molecular weight is 286 g/mol. The van der Waals surface area contributed by atoms with Gasteiger partial charge in [-0.15, -0.1) is 0 Å². The molecule has 2 heterocycles. The quantitative estimate of drug-likeness (QED) is 0.753. The summed E-state index contributed by atoms with van der Waals surface area (Å²) in [7, 11) is 0. The highest BCUT2D eigenvalue weighted by Crippen LogP contribution is 2.21. The summed E-state index contributed by atoms with van der Waals surface area (Å²) in [5.41, 5.74) is 0. The number of likely N-dealkylation sites (tertiary alicyclic amines) is 1. The zero-order chi connectivity index (χ0) is 14.7. The summed E-state index contributed by atoms with van der Waals surface area (Å²) in [6.45, 7) is 2.87. The second-order valence-electron chi connectivity index (χ2n) is 5.47. The second-order valence-corrected chi connectivity index (χ2v) is 5.47. The minimum Gasteiger partial charge on any atom is -0.480 e. The maximum Gasteiger partial charge on any atom is 0.326 e. The number of amides is 2. The molecule has 2 saturated heterocycles.